The monoisotopic (exact) mass is 381 g/mol. The molecule has 2 aromatic carbocycles. The molecule has 3 aromatic rings. The van der Waals surface area contributed by atoms with Gasteiger partial charge in [0.2, 0.25) is 0 Å². The van der Waals surface area contributed by atoms with Crippen LogP contribution in [0.25, 0.3) is 11.1 Å². The van der Waals surface area contributed by atoms with Gasteiger partial charge in [-0.3, -0.25) is 9.69 Å². The molecule has 0 N–H and O–H groups in total. The van der Waals surface area contributed by atoms with Crippen molar-refractivity contribution in [2.75, 3.05) is 13.1 Å². The second-order valence-corrected chi connectivity index (χ2v) is 6.89. The zero-order valence-corrected chi connectivity index (χ0v) is 16.0. The molecule has 1 aliphatic rings. The third kappa shape index (κ3) is 4.65. The molecule has 0 bridgehead atoms. The van der Waals surface area contributed by atoms with E-state index in [9.17, 15) is 4.79 Å². The summed E-state index contributed by atoms with van der Waals surface area (Å²) in [7, 11) is 0. The largest absolute Gasteiger partial charge is 0.299 e. The smallest absolute Gasteiger partial charge is 0.267 e. The normalized spacial score (nSPS) is 15.3. The fourth-order valence-electron chi connectivity index (χ4n) is 3.64. The first-order valence-electron chi connectivity index (χ1n) is 9.20. The SMILES string of the molecule is Cl.O=c1cc(-c2ccccc2)cnn1C1CCN(Cc2ccccc2)CC1. The van der Waals surface area contributed by atoms with Gasteiger partial charge < -0.3 is 0 Å². The molecule has 0 atom stereocenters. The lowest BCUT2D eigenvalue weighted by Gasteiger charge is -2.32. The topological polar surface area (TPSA) is 38.1 Å². The van der Waals surface area contributed by atoms with Gasteiger partial charge in [0.05, 0.1) is 12.2 Å². The summed E-state index contributed by atoms with van der Waals surface area (Å²) in [5.74, 6) is 0. The molecule has 4 nitrogen and oxygen atoms in total. The minimum Gasteiger partial charge on any atom is -0.299 e. The Morgan fingerprint density at radius 1 is 0.889 bits per heavy atom. The number of likely N-dealkylation sites (tertiary alicyclic amines) is 1. The van der Waals surface area contributed by atoms with Crippen LogP contribution in [0.4, 0.5) is 0 Å². The lowest BCUT2D eigenvalue weighted by molar-refractivity contribution is 0.170. The zero-order valence-electron chi connectivity index (χ0n) is 15.2. The van der Waals surface area contributed by atoms with Gasteiger partial charge in [-0.2, -0.15) is 5.10 Å². The summed E-state index contributed by atoms with van der Waals surface area (Å²) in [6.45, 7) is 2.96. The van der Waals surface area contributed by atoms with Gasteiger partial charge in [-0.1, -0.05) is 60.7 Å². The van der Waals surface area contributed by atoms with Gasteiger partial charge in [-0.15, -0.1) is 12.4 Å². The van der Waals surface area contributed by atoms with Crippen LogP contribution in [0.15, 0.2) is 77.7 Å². The first-order chi connectivity index (χ1) is 12.8. The summed E-state index contributed by atoms with van der Waals surface area (Å²) in [5.41, 5.74) is 3.25. The van der Waals surface area contributed by atoms with Gasteiger partial charge in [-0.05, 0) is 24.0 Å². The molecule has 1 aromatic heterocycles. The van der Waals surface area contributed by atoms with Crippen LogP contribution in [-0.2, 0) is 6.54 Å². The Kier molecular flexibility index (Phi) is 6.43. The van der Waals surface area contributed by atoms with Crippen LogP contribution in [0.2, 0.25) is 0 Å². The summed E-state index contributed by atoms with van der Waals surface area (Å²) in [4.78, 5) is 15.0. The van der Waals surface area contributed by atoms with E-state index in [4.69, 9.17) is 0 Å². The number of hydrogen-bond acceptors (Lipinski definition) is 3. The van der Waals surface area contributed by atoms with E-state index in [0.717, 1.165) is 43.6 Å². The first-order valence-corrected chi connectivity index (χ1v) is 9.20. The lowest BCUT2D eigenvalue weighted by atomic mass is 10.0. The van der Waals surface area contributed by atoms with E-state index in [1.807, 2.05) is 42.6 Å². The lowest BCUT2D eigenvalue weighted by Crippen LogP contribution is -2.37. The minimum absolute atomic E-state index is 0. The van der Waals surface area contributed by atoms with E-state index >= 15 is 0 Å². The summed E-state index contributed by atoms with van der Waals surface area (Å²) in [5, 5.41) is 4.47. The van der Waals surface area contributed by atoms with Crippen molar-refractivity contribution in [1.82, 2.24) is 14.7 Å². The highest BCUT2D eigenvalue weighted by Gasteiger charge is 2.22. The molecule has 0 saturated carbocycles. The van der Waals surface area contributed by atoms with E-state index in [1.165, 1.54) is 5.56 Å². The van der Waals surface area contributed by atoms with E-state index in [1.54, 1.807) is 10.7 Å². The molecule has 1 fully saturated rings. The van der Waals surface area contributed by atoms with Crippen molar-refractivity contribution < 1.29 is 0 Å². The van der Waals surface area contributed by atoms with E-state index in [-0.39, 0.29) is 24.0 Å². The molecule has 140 valence electrons. The second kappa shape index (κ2) is 8.98. The van der Waals surface area contributed by atoms with Crippen molar-refractivity contribution in [2.24, 2.45) is 0 Å². The molecule has 0 amide bonds. The quantitative estimate of drug-likeness (QED) is 0.680. The van der Waals surface area contributed by atoms with Crippen LogP contribution < -0.4 is 5.56 Å². The maximum atomic E-state index is 12.6. The van der Waals surface area contributed by atoms with Crippen molar-refractivity contribution >= 4 is 12.4 Å². The molecule has 0 radical (unpaired) electrons. The van der Waals surface area contributed by atoms with E-state index in [0.29, 0.717) is 0 Å². The zero-order chi connectivity index (χ0) is 17.8. The molecule has 0 aliphatic carbocycles. The highest BCUT2D eigenvalue weighted by Crippen LogP contribution is 2.22. The summed E-state index contributed by atoms with van der Waals surface area (Å²) >= 11 is 0. The predicted molar refractivity (Wildman–Crippen MR) is 111 cm³/mol. The van der Waals surface area contributed by atoms with Crippen molar-refractivity contribution in [1.29, 1.82) is 0 Å². The fraction of sp³-hybridized carbons (Fsp3) is 0.273. The Labute approximate surface area is 165 Å². The third-order valence-corrected chi connectivity index (χ3v) is 5.09. The van der Waals surface area contributed by atoms with Gasteiger partial charge in [0.1, 0.15) is 0 Å². The van der Waals surface area contributed by atoms with E-state index < -0.39 is 0 Å². The molecule has 0 spiro atoms. The Hall–Kier alpha value is -2.43. The second-order valence-electron chi connectivity index (χ2n) is 6.89. The highest BCUT2D eigenvalue weighted by molar-refractivity contribution is 5.85. The van der Waals surface area contributed by atoms with Crippen LogP contribution >= 0.6 is 12.4 Å². The highest BCUT2D eigenvalue weighted by atomic mass is 35.5. The Morgan fingerprint density at radius 2 is 1.52 bits per heavy atom. The summed E-state index contributed by atoms with van der Waals surface area (Å²) in [6.07, 6.45) is 3.74. The molecule has 1 saturated heterocycles. The average Bonchev–Trinajstić information content (AvgIpc) is 2.70. The Balaban J connectivity index is 0.00000210. The molecule has 1 aliphatic heterocycles. The number of benzene rings is 2. The van der Waals surface area contributed by atoms with Crippen LogP contribution in [0.1, 0.15) is 24.4 Å². The summed E-state index contributed by atoms with van der Waals surface area (Å²) in [6, 6.07) is 22.4. The number of aromatic nitrogens is 2. The van der Waals surface area contributed by atoms with Crippen molar-refractivity contribution in [3.05, 3.63) is 88.8 Å². The van der Waals surface area contributed by atoms with Crippen molar-refractivity contribution in [3.63, 3.8) is 0 Å². The third-order valence-electron chi connectivity index (χ3n) is 5.09. The average molecular weight is 382 g/mol. The van der Waals surface area contributed by atoms with Crippen LogP contribution in [0.3, 0.4) is 0 Å². The fourth-order valence-corrected chi connectivity index (χ4v) is 3.64. The summed E-state index contributed by atoms with van der Waals surface area (Å²) < 4.78 is 1.67. The molecule has 5 heteroatoms. The standard InChI is InChI=1S/C22H23N3O.ClH/c26-22-15-20(19-9-5-2-6-10-19)16-23-25(22)21-11-13-24(14-12-21)17-18-7-3-1-4-8-18;/h1-10,15-16,21H,11-14,17H2;1H. The van der Waals surface area contributed by atoms with Gasteiger partial charge in [-0.25, -0.2) is 4.68 Å². The Morgan fingerprint density at radius 3 is 2.15 bits per heavy atom. The number of hydrogen-bond donors (Lipinski definition) is 0. The van der Waals surface area contributed by atoms with Gasteiger partial charge in [0, 0.05) is 31.3 Å². The molecule has 4 rings (SSSR count). The van der Waals surface area contributed by atoms with Gasteiger partial charge >= 0.3 is 0 Å². The number of halogens is 1. The molecular formula is C22H24ClN3O. The van der Waals surface area contributed by atoms with Crippen molar-refractivity contribution in [3.8, 4) is 11.1 Å². The molecule has 2 heterocycles. The number of rotatable bonds is 4. The maximum Gasteiger partial charge on any atom is 0.267 e. The maximum absolute atomic E-state index is 12.6. The Bertz CT molecular complexity index is 904. The number of piperidine rings is 1. The predicted octanol–water partition coefficient (Wildman–Crippen LogP) is 4.17. The van der Waals surface area contributed by atoms with Gasteiger partial charge in [0.25, 0.3) is 5.56 Å². The molecule has 27 heavy (non-hydrogen) atoms. The molecule has 0 unspecified atom stereocenters. The minimum atomic E-state index is -0.00661. The number of nitrogens with zero attached hydrogens (tertiary/aromatic N) is 3. The van der Waals surface area contributed by atoms with Crippen molar-refractivity contribution in [2.45, 2.75) is 25.4 Å². The van der Waals surface area contributed by atoms with Crippen LogP contribution in [0.5, 0.6) is 0 Å². The first kappa shape index (κ1) is 19.3. The van der Waals surface area contributed by atoms with E-state index in [2.05, 4.69) is 34.3 Å². The van der Waals surface area contributed by atoms with Crippen LogP contribution in [0, 0.1) is 0 Å². The van der Waals surface area contributed by atoms with Crippen LogP contribution in [-0.4, -0.2) is 27.8 Å². The molecular weight excluding hydrogens is 358 g/mol. The van der Waals surface area contributed by atoms with Gasteiger partial charge in [0.15, 0.2) is 0 Å².